The number of anilines is 1. The van der Waals surface area contributed by atoms with Crippen molar-refractivity contribution in [3.63, 3.8) is 0 Å². The van der Waals surface area contributed by atoms with Gasteiger partial charge in [-0.1, -0.05) is 30.3 Å². The molecule has 0 unspecified atom stereocenters. The minimum Gasteiger partial charge on any atom is -0.467 e. The molecule has 2 aromatic carbocycles. The molecule has 2 aromatic rings. The van der Waals surface area contributed by atoms with Gasteiger partial charge in [0.1, 0.15) is 11.9 Å². The molecule has 0 radical (unpaired) electrons. The molecular formula is C22H24FN3O4. The molecule has 3 rings (SSSR count). The fraction of sp³-hybridized carbons (Fsp3) is 0.318. The molecule has 1 aliphatic rings. The first kappa shape index (κ1) is 21.4. The second-order valence-corrected chi connectivity index (χ2v) is 7.26. The zero-order valence-electron chi connectivity index (χ0n) is 16.9. The monoisotopic (exact) mass is 413 g/mol. The maximum Gasteiger partial charge on any atom is 0.328 e. The Morgan fingerprint density at radius 3 is 2.57 bits per heavy atom. The highest BCUT2D eigenvalue weighted by Gasteiger charge is 2.35. The Balaban J connectivity index is 1.63. The molecule has 158 valence electrons. The highest BCUT2D eigenvalue weighted by atomic mass is 19.1. The van der Waals surface area contributed by atoms with E-state index in [-0.39, 0.29) is 24.9 Å². The minimum absolute atomic E-state index is 0.0494. The minimum atomic E-state index is -0.702. The first-order chi connectivity index (χ1) is 14.4. The van der Waals surface area contributed by atoms with E-state index >= 15 is 0 Å². The standard InChI is InChI=1S/C22H24FN3O4/c1-25(13-20(27)24-18-9-5-8-17(23)11-18)14-21(28)26-12-16-7-4-3-6-15(16)10-19(26)22(29)30-2/h3-9,11,19H,10,12-14H2,1-2H3,(H,24,27)/t19-/m0/s1. The lowest BCUT2D eigenvalue weighted by molar-refractivity contribution is -0.154. The van der Waals surface area contributed by atoms with Gasteiger partial charge in [-0.2, -0.15) is 0 Å². The molecule has 0 aromatic heterocycles. The molecule has 1 atom stereocenters. The van der Waals surface area contributed by atoms with Crippen LogP contribution in [0.15, 0.2) is 48.5 Å². The molecule has 0 bridgehead atoms. The van der Waals surface area contributed by atoms with Crippen LogP contribution in [-0.4, -0.2) is 60.9 Å². The maximum absolute atomic E-state index is 13.2. The largest absolute Gasteiger partial charge is 0.467 e. The number of carbonyl (C=O) groups is 3. The second-order valence-electron chi connectivity index (χ2n) is 7.26. The van der Waals surface area contributed by atoms with E-state index in [1.165, 1.54) is 30.2 Å². The topological polar surface area (TPSA) is 79.0 Å². The number of hydrogen-bond donors (Lipinski definition) is 1. The van der Waals surface area contributed by atoms with Gasteiger partial charge < -0.3 is 15.0 Å². The molecule has 0 fully saturated rings. The zero-order valence-corrected chi connectivity index (χ0v) is 16.9. The predicted octanol–water partition coefficient (Wildman–Crippen LogP) is 1.82. The molecule has 0 saturated heterocycles. The van der Waals surface area contributed by atoms with Crippen LogP contribution in [0.3, 0.4) is 0 Å². The number of amides is 2. The molecule has 30 heavy (non-hydrogen) atoms. The first-order valence-corrected chi connectivity index (χ1v) is 9.55. The van der Waals surface area contributed by atoms with Gasteiger partial charge in [0, 0.05) is 18.7 Å². The van der Waals surface area contributed by atoms with Gasteiger partial charge >= 0.3 is 5.97 Å². The lowest BCUT2D eigenvalue weighted by atomic mass is 9.94. The van der Waals surface area contributed by atoms with E-state index in [9.17, 15) is 18.8 Å². The van der Waals surface area contributed by atoms with E-state index < -0.39 is 17.8 Å². The number of methoxy groups -OCH3 is 1. The van der Waals surface area contributed by atoms with Crippen molar-refractivity contribution in [1.29, 1.82) is 0 Å². The van der Waals surface area contributed by atoms with E-state index in [0.29, 0.717) is 18.7 Å². The van der Waals surface area contributed by atoms with Crippen LogP contribution >= 0.6 is 0 Å². The summed E-state index contributed by atoms with van der Waals surface area (Å²) >= 11 is 0. The van der Waals surface area contributed by atoms with Gasteiger partial charge in [-0.25, -0.2) is 9.18 Å². The molecule has 1 heterocycles. The summed E-state index contributed by atoms with van der Waals surface area (Å²) in [5.74, 6) is -1.56. The fourth-order valence-electron chi connectivity index (χ4n) is 3.52. The smallest absolute Gasteiger partial charge is 0.328 e. The summed E-state index contributed by atoms with van der Waals surface area (Å²) in [4.78, 5) is 40.4. The van der Waals surface area contributed by atoms with Crippen LogP contribution in [0.1, 0.15) is 11.1 Å². The molecule has 1 N–H and O–H groups in total. The van der Waals surface area contributed by atoms with Crippen molar-refractivity contribution in [3.8, 4) is 0 Å². The van der Waals surface area contributed by atoms with Crippen LogP contribution in [-0.2, 0) is 32.1 Å². The molecule has 0 spiro atoms. The van der Waals surface area contributed by atoms with Gasteiger partial charge in [0.25, 0.3) is 0 Å². The number of benzene rings is 2. The van der Waals surface area contributed by atoms with Gasteiger partial charge in [0.05, 0.1) is 20.2 Å². The number of hydrogen-bond acceptors (Lipinski definition) is 5. The van der Waals surface area contributed by atoms with Crippen LogP contribution in [0.2, 0.25) is 0 Å². The Hall–Kier alpha value is -3.26. The third-order valence-corrected chi connectivity index (χ3v) is 4.97. The van der Waals surface area contributed by atoms with Gasteiger partial charge in [0.15, 0.2) is 0 Å². The summed E-state index contributed by atoms with van der Waals surface area (Å²) in [6.45, 7) is 0.194. The summed E-state index contributed by atoms with van der Waals surface area (Å²) in [7, 11) is 2.93. The van der Waals surface area contributed by atoms with E-state index in [4.69, 9.17) is 4.74 Å². The van der Waals surface area contributed by atoms with E-state index in [1.807, 2.05) is 24.3 Å². The van der Waals surface area contributed by atoms with Crippen molar-refractivity contribution < 1.29 is 23.5 Å². The Bertz CT molecular complexity index is 949. The molecule has 1 aliphatic heterocycles. The number of likely N-dealkylation sites (N-methyl/N-ethyl adjacent to an activating group) is 1. The maximum atomic E-state index is 13.2. The number of nitrogens with one attached hydrogen (secondary N) is 1. The average Bonchev–Trinajstić information content (AvgIpc) is 2.71. The molecule has 7 nitrogen and oxygen atoms in total. The third-order valence-electron chi connectivity index (χ3n) is 4.97. The second kappa shape index (κ2) is 9.49. The van der Waals surface area contributed by atoms with Crippen molar-refractivity contribution in [2.45, 2.75) is 19.0 Å². The van der Waals surface area contributed by atoms with Gasteiger partial charge in [-0.3, -0.25) is 14.5 Å². The van der Waals surface area contributed by atoms with Gasteiger partial charge in [-0.15, -0.1) is 0 Å². The summed E-state index contributed by atoms with van der Waals surface area (Å²) in [5.41, 5.74) is 2.34. The first-order valence-electron chi connectivity index (χ1n) is 9.55. The number of halogens is 1. The number of nitrogens with zero attached hydrogens (tertiary/aromatic N) is 2. The number of esters is 1. The van der Waals surface area contributed by atoms with E-state index in [0.717, 1.165) is 11.1 Å². The molecule has 0 saturated carbocycles. The quantitative estimate of drug-likeness (QED) is 0.731. The fourth-order valence-corrected chi connectivity index (χ4v) is 3.52. The van der Waals surface area contributed by atoms with Crippen molar-refractivity contribution in [1.82, 2.24) is 9.80 Å². The van der Waals surface area contributed by atoms with Crippen molar-refractivity contribution in [2.75, 3.05) is 32.6 Å². The van der Waals surface area contributed by atoms with Crippen LogP contribution < -0.4 is 5.32 Å². The van der Waals surface area contributed by atoms with Crippen molar-refractivity contribution in [3.05, 3.63) is 65.5 Å². The Kier molecular flexibility index (Phi) is 6.79. The van der Waals surface area contributed by atoms with E-state index in [2.05, 4.69) is 5.32 Å². The van der Waals surface area contributed by atoms with Crippen molar-refractivity contribution >= 4 is 23.5 Å². The van der Waals surface area contributed by atoms with Crippen molar-refractivity contribution in [2.24, 2.45) is 0 Å². The lowest BCUT2D eigenvalue weighted by Crippen LogP contribution is -2.52. The highest BCUT2D eigenvalue weighted by Crippen LogP contribution is 2.24. The molecule has 8 heteroatoms. The van der Waals surface area contributed by atoms with Crippen LogP contribution in [0.4, 0.5) is 10.1 Å². The normalized spacial score (nSPS) is 15.5. The summed E-state index contributed by atoms with van der Waals surface area (Å²) in [5, 5.41) is 2.60. The predicted molar refractivity (Wildman–Crippen MR) is 109 cm³/mol. The summed E-state index contributed by atoms with van der Waals surface area (Å²) in [6, 6.07) is 12.5. The SMILES string of the molecule is COC(=O)[C@@H]1Cc2ccccc2CN1C(=O)CN(C)CC(=O)Nc1cccc(F)c1. The Labute approximate surface area is 174 Å². The number of rotatable bonds is 6. The van der Waals surface area contributed by atoms with Crippen LogP contribution in [0.5, 0.6) is 0 Å². The highest BCUT2D eigenvalue weighted by molar-refractivity contribution is 5.93. The zero-order chi connectivity index (χ0) is 21.7. The van der Waals surface area contributed by atoms with Gasteiger partial charge in [0.2, 0.25) is 11.8 Å². The lowest BCUT2D eigenvalue weighted by Gasteiger charge is -2.36. The van der Waals surface area contributed by atoms with Crippen LogP contribution in [0.25, 0.3) is 0 Å². The van der Waals surface area contributed by atoms with Crippen LogP contribution in [0, 0.1) is 5.82 Å². The molecule has 2 amide bonds. The number of carbonyl (C=O) groups excluding carboxylic acids is 3. The Morgan fingerprint density at radius 2 is 1.87 bits per heavy atom. The third kappa shape index (κ3) is 5.21. The molecule has 0 aliphatic carbocycles. The number of ether oxygens (including phenoxy) is 1. The van der Waals surface area contributed by atoms with E-state index in [1.54, 1.807) is 18.0 Å². The summed E-state index contributed by atoms with van der Waals surface area (Å²) < 4.78 is 18.1. The number of fused-ring (bicyclic) bond motifs is 1. The average molecular weight is 413 g/mol. The van der Waals surface area contributed by atoms with Gasteiger partial charge in [-0.05, 0) is 36.4 Å². The Morgan fingerprint density at radius 1 is 1.13 bits per heavy atom. The summed E-state index contributed by atoms with van der Waals surface area (Å²) in [6.07, 6.45) is 0.387. The molecular weight excluding hydrogens is 389 g/mol.